The van der Waals surface area contributed by atoms with Gasteiger partial charge in [0.1, 0.15) is 22.1 Å². The molecule has 26 heavy (non-hydrogen) atoms. The Bertz CT molecular complexity index is 790. The van der Waals surface area contributed by atoms with Crippen LogP contribution in [0.4, 0.5) is 5.82 Å². The zero-order valence-electron chi connectivity index (χ0n) is 15.2. The number of esters is 1. The lowest BCUT2D eigenvalue weighted by atomic mass is 10.2. The summed E-state index contributed by atoms with van der Waals surface area (Å²) in [7, 11) is 1.57. The van der Waals surface area contributed by atoms with E-state index in [-0.39, 0.29) is 17.9 Å². The van der Waals surface area contributed by atoms with Crippen LogP contribution in [0.5, 0.6) is 0 Å². The van der Waals surface area contributed by atoms with Crippen molar-refractivity contribution in [1.29, 1.82) is 0 Å². The minimum absolute atomic E-state index is 0.200. The number of ether oxygens (including phenoxy) is 2. The first-order valence-electron chi connectivity index (χ1n) is 8.65. The molecule has 3 heterocycles. The summed E-state index contributed by atoms with van der Waals surface area (Å²) in [5.41, 5.74) is 0.844. The van der Waals surface area contributed by atoms with E-state index in [1.54, 1.807) is 7.11 Å². The molecular formula is C17H23ClN4O3S. The first kappa shape index (κ1) is 19.3. The topological polar surface area (TPSA) is 67.8 Å². The maximum atomic E-state index is 12.4. The van der Waals surface area contributed by atoms with Gasteiger partial charge in [-0.1, -0.05) is 6.92 Å². The van der Waals surface area contributed by atoms with Crippen molar-refractivity contribution in [1.82, 2.24) is 14.9 Å². The van der Waals surface area contributed by atoms with E-state index in [1.807, 2.05) is 6.92 Å². The van der Waals surface area contributed by atoms with Crippen molar-refractivity contribution in [3.63, 3.8) is 0 Å². The maximum absolute atomic E-state index is 12.4. The van der Waals surface area contributed by atoms with Gasteiger partial charge in [-0.15, -0.1) is 11.3 Å². The van der Waals surface area contributed by atoms with Gasteiger partial charge in [0.05, 0.1) is 12.0 Å². The molecule has 0 amide bonds. The summed E-state index contributed by atoms with van der Waals surface area (Å²) >= 11 is 7.46. The van der Waals surface area contributed by atoms with Gasteiger partial charge < -0.3 is 19.3 Å². The van der Waals surface area contributed by atoms with E-state index in [9.17, 15) is 4.79 Å². The van der Waals surface area contributed by atoms with Crippen LogP contribution >= 0.6 is 22.9 Å². The van der Waals surface area contributed by atoms with Gasteiger partial charge in [0.25, 0.3) is 0 Å². The van der Waals surface area contributed by atoms with Gasteiger partial charge in [0, 0.05) is 33.3 Å². The highest BCUT2D eigenvalue weighted by molar-refractivity contribution is 7.20. The molecule has 1 aliphatic rings. The van der Waals surface area contributed by atoms with Crippen LogP contribution in [0.1, 0.15) is 22.2 Å². The third kappa shape index (κ3) is 3.93. The highest BCUT2D eigenvalue weighted by Gasteiger charge is 2.25. The first-order chi connectivity index (χ1) is 12.5. The number of hydrogen-bond donors (Lipinski definition) is 0. The van der Waals surface area contributed by atoms with Crippen LogP contribution in [0.2, 0.25) is 5.28 Å². The Hall–Kier alpha value is -1.48. The second-order valence-corrected chi connectivity index (χ2v) is 7.44. The number of carbonyl (C=O) groups is 1. The molecule has 2 aromatic heterocycles. The van der Waals surface area contributed by atoms with Gasteiger partial charge >= 0.3 is 5.97 Å². The van der Waals surface area contributed by atoms with E-state index in [2.05, 4.69) is 26.7 Å². The van der Waals surface area contributed by atoms with E-state index in [1.165, 1.54) is 11.3 Å². The number of fused-ring (bicyclic) bond motifs is 1. The van der Waals surface area contributed by atoms with Gasteiger partial charge in [-0.25, -0.2) is 9.78 Å². The second-order valence-electron chi connectivity index (χ2n) is 6.10. The number of thiophene rings is 1. The third-order valence-electron chi connectivity index (χ3n) is 4.57. The van der Waals surface area contributed by atoms with Gasteiger partial charge in [0.15, 0.2) is 0 Å². The standard InChI is InChI=1S/C17H23ClN4O3S/c1-4-21-5-7-22(8-6-21)14-12-11(2)13(16(23)25-10-9-24-3)26-15(12)20-17(18)19-14/h4-10H2,1-3H3. The predicted octanol–water partition coefficient (Wildman–Crippen LogP) is 2.60. The summed E-state index contributed by atoms with van der Waals surface area (Å²) in [6.07, 6.45) is 0. The zero-order valence-corrected chi connectivity index (χ0v) is 16.8. The molecule has 0 bridgehead atoms. The van der Waals surface area contributed by atoms with Crippen LogP contribution in [0.15, 0.2) is 0 Å². The van der Waals surface area contributed by atoms with E-state index < -0.39 is 0 Å². The van der Waals surface area contributed by atoms with E-state index in [4.69, 9.17) is 21.1 Å². The minimum atomic E-state index is -0.361. The van der Waals surface area contributed by atoms with E-state index in [0.29, 0.717) is 16.3 Å². The fraction of sp³-hybridized carbons (Fsp3) is 0.588. The van der Waals surface area contributed by atoms with Crippen molar-refractivity contribution in [2.75, 3.05) is 57.9 Å². The molecule has 0 aliphatic carbocycles. The Morgan fingerprint density at radius 3 is 2.62 bits per heavy atom. The second kappa shape index (κ2) is 8.47. The molecule has 0 atom stereocenters. The SMILES string of the molecule is CCN1CCN(c2nc(Cl)nc3sc(C(=O)OCCOC)c(C)c23)CC1. The number of aromatic nitrogens is 2. The number of likely N-dealkylation sites (N-methyl/N-ethyl adjacent to an activating group) is 1. The normalized spacial score (nSPS) is 15.6. The van der Waals surface area contributed by atoms with Gasteiger partial charge in [-0.05, 0) is 30.6 Å². The summed E-state index contributed by atoms with van der Waals surface area (Å²) in [6.45, 7) is 9.43. The summed E-state index contributed by atoms with van der Waals surface area (Å²) in [6, 6.07) is 0. The number of halogens is 1. The van der Waals surface area contributed by atoms with Crippen molar-refractivity contribution in [3.8, 4) is 0 Å². The molecular weight excluding hydrogens is 376 g/mol. The average molecular weight is 399 g/mol. The monoisotopic (exact) mass is 398 g/mol. The molecule has 1 aliphatic heterocycles. The highest BCUT2D eigenvalue weighted by atomic mass is 35.5. The fourth-order valence-corrected chi connectivity index (χ4v) is 4.36. The molecule has 142 valence electrons. The van der Waals surface area contributed by atoms with Gasteiger partial charge in [-0.3, -0.25) is 0 Å². The van der Waals surface area contributed by atoms with E-state index >= 15 is 0 Å². The molecule has 0 unspecified atom stereocenters. The lowest BCUT2D eigenvalue weighted by molar-refractivity contribution is 0.0393. The highest BCUT2D eigenvalue weighted by Crippen LogP contribution is 2.36. The summed E-state index contributed by atoms with van der Waals surface area (Å²) in [5.74, 6) is 0.445. The smallest absolute Gasteiger partial charge is 0.348 e. The third-order valence-corrected chi connectivity index (χ3v) is 5.90. The molecule has 3 rings (SSSR count). The zero-order chi connectivity index (χ0) is 18.7. The molecule has 0 radical (unpaired) electrons. The molecule has 0 saturated carbocycles. The van der Waals surface area contributed by atoms with Crippen LogP contribution in [-0.4, -0.2) is 73.9 Å². The molecule has 7 nitrogen and oxygen atoms in total. The lowest BCUT2D eigenvalue weighted by Gasteiger charge is -2.35. The Morgan fingerprint density at radius 1 is 1.23 bits per heavy atom. The number of anilines is 1. The summed E-state index contributed by atoms with van der Waals surface area (Å²) in [4.78, 5) is 27.1. The van der Waals surface area contributed by atoms with Gasteiger partial charge in [-0.2, -0.15) is 4.98 Å². The molecule has 1 saturated heterocycles. The molecule has 0 spiro atoms. The quantitative estimate of drug-likeness (QED) is 0.421. The van der Waals surface area contributed by atoms with Crippen LogP contribution in [-0.2, 0) is 9.47 Å². The average Bonchev–Trinajstić information content (AvgIpc) is 2.98. The molecule has 9 heteroatoms. The maximum Gasteiger partial charge on any atom is 0.348 e. The fourth-order valence-electron chi connectivity index (χ4n) is 3.08. The van der Waals surface area contributed by atoms with Crippen LogP contribution in [0, 0.1) is 6.92 Å². The van der Waals surface area contributed by atoms with Crippen molar-refractivity contribution >= 4 is 44.9 Å². The summed E-state index contributed by atoms with van der Waals surface area (Å²) < 4.78 is 10.2. The lowest BCUT2D eigenvalue weighted by Crippen LogP contribution is -2.46. The number of piperazine rings is 1. The van der Waals surface area contributed by atoms with Crippen molar-refractivity contribution < 1.29 is 14.3 Å². The van der Waals surface area contributed by atoms with E-state index in [0.717, 1.165) is 49.5 Å². The first-order valence-corrected chi connectivity index (χ1v) is 9.84. The largest absolute Gasteiger partial charge is 0.459 e. The Balaban J connectivity index is 1.93. The molecule has 0 N–H and O–H groups in total. The minimum Gasteiger partial charge on any atom is -0.459 e. The van der Waals surface area contributed by atoms with Crippen molar-refractivity contribution in [2.24, 2.45) is 0 Å². The van der Waals surface area contributed by atoms with Crippen LogP contribution in [0.3, 0.4) is 0 Å². The van der Waals surface area contributed by atoms with Crippen molar-refractivity contribution in [3.05, 3.63) is 15.7 Å². The van der Waals surface area contributed by atoms with Crippen molar-refractivity contribution in [2.45, 2.75) is 13.8 Å². The molecule has 1 fully saturated rings. The van der Waals surface area contributed by atoms with Gasteiger partial charge in [0.2, 0.25) is 5.28 Å². The molecule has 0 aromatic carbocycles. The number of aryl methyl sites for hydroxylation is 1. The van der Waals surface area contributed by atoms with Crippen LogP contribution < -0.4 is 4.90 Å². The number of methoxy groups -OCH3 is 1. The Labute approximate surface area is 161 Å². The van der Waals surface area contributed by atoms with Crippen LogP contribution in [0.25, 0.3) is 10.2 Å². The number of hydrogen-bond acceptors (Lipinski definition) is 8. The Morgan fingerprint density at radius 2 is 1.96 bits per heavy atom. The Kier molecular flexibility index (Phi) is 6.29. The predicted molar refractivity (Wildman–Crippen MR) is 104 cm³/mol. The molecule has 2 aromatic rings. The number of rotatable bonds is 6. The number of nitrogens with zero attached hydrogens (tertiary/aromatic N) is 4. The number of carbonyl (C=O) groups excluding carboxylic acids is 1. The summed E-state index contributed by atoms with van der Waals surface area (Å²) in [5, 5.41) is 1.09.